The third kappa shape index (κ3) is 5.39. The zero-order valence-electron chi connectivity index (χ0n) is 18.2. The van der Waals surface area contributed by atoms with Crippen LogP contribution < -0.4 is 5.32 Å². The van der Waals surface area contributed by atoms with Crippen LogP contribution in [0.2, 0.25) is 0 Å². The molecule has 1 aliphatic rings. The van der Waals surface area contributed by atoms with E-state index < -0.39 is 0 Å². The number of carbonyl (C=O) groups excluding carboxylic acids is 2. The number of morpholine rings is 1. The lowest BCUT2D eigenvalue weighted by molar-refractivity contribution is 0.0299. The van der Waals surface area contributed by atoms with Crippen LogP contribution in [-0.2, 0) is 11.3 Å². The van der Waals surface area contributed by atoms with Gasteiger partial charge in [0.25, 0.3) is 11.8 Å². The number of aromatic nitrogens is 3. The van der Waals surface area contributed by atoms with Crippen LogP contribution in [0.25, 0.3) is 11.1 Å². The first-order chi connectivity index (χ1) is 15.6. The number of carbonyl (C=O) groups is 2. The summed E-state index contributed by atoms with van der Waals surface area (Å²) in [6.45, 7) is 5.36. The Morgan fingerprint density at radius 1 is 1.06 bits per heavy atom. The fourth-order valence-electron chi connectivity index (χ4n) is 3.64. The van der Waals surface area contributed by atoms with Crippen molar-refractivity contribution in [2.75, 3.05) is 32.8 Å². The van der Waals surface area contributed by atoms with E-state index in [0.29, 0.717) is 57.1 Å². The van der Waals surface area contributed by atoms with Crippen LogP contribution in [0, 0.1) is 6.92 Å². The highest BCUT2D eigenvalue weighted by Gasteiger charge is 2.21. The molecule has 1 saturated heterocycles. The minimum Gasteiger partial charge on any atom is -0.378 e. The first-order valence-electron chi connectivity index (χ1n) is 10.8. The van der Waals surface area contributed by atoms with E-state index in [9.17, 15) is 9.59 Å². The van der Waals surface area contributed by atoms with E-state index in [4.69, 9.17) is 4.74 Å². The molecule has 2 heterocycles. The van der Waals surface area contributed by atoms with E-state index in [-0.39, 0.29) is 11.8 Å². The molecule has 3 aromatic rings. The molecule has 4 rings (SSSR count). The standard InChI is InChI=1S/C24H27N5O3/c1-18-5-2-6-19(15-18)20-7-3-8-21(16-20)23(30)25-9-4-10-29-17-22(26-27-29)24(31)28-11-13-32-14-12-28/h2-3,5-8,15-17H,4,9-14H2,1H3,(H,25,30). The monoisotopic (exact) mass is 433 g/mol. The van der Waals surface area contributed by atoms with Crippen molar-refractivity contribution >= 4 is 11.8 Å². The van der Waals surface area contributed by atoms with Gasteiger partial charge in [-0.15, -0.1) is 5.10 Å². The van der Waals surface area contributed by atoms with Crippen molar-refractivity contribution in [1.82, 2.24) is 25.2 Å². The first-order valence-corrected chi connectivity index (χ1v) is 10.8. The summed E-state index contributed by atoms with van der Waals surface area (Å²) in [5.41, 5.74) is 4.25. The highest BCUT2D eigenvalue weighted by atomic mass is 16.5. The Balaban J connectivity index is 1.26. The Hall–Kier alpha value is -3.52. The van der Waals surface area contributed by atoms with Gasteiger partial charge in [0.05, 0.1) is 19.4 Å². The maximum absolute atomic E-state index is 12.6. The maximum Gasteiger partial charge on any atom is 0.276 e. The van der Waals surface area contributed by atoms with Crippen molar-refractivity contribution < 1.29 is 14.3 Å². The van der Waals surface area contributed by atoms with Crippen LogP contribution in [-0.4, -0.2) is 64.6 Å². The number of rotatable bonds is 7. The number of aryl methyl sites for hydroxylation is 2. The van der Waals surface area contributed by atoms with Crippen LogP contribution in [0.1, 0.15) is 32.8 Å². The molecule has 8 heteroatoms. The molecule has 0 unspecified atom stereocenters. The molecule has 1 aliphatic heterocycles. The summed E-state index contributed by atoms with van der Waals surface area (Å²) in [5, 5.41) is 11.0. The van der Waals surface area contributed by atoms with Gasteiger partial charge < -0.3 is 15.0 Å². The molecule has 2 aromatic carbocycles. The van der Waals surface area contributed by atoms with Crippen molar-refractivity contribution in [2.24, 2.45) is 0 Å². The van der Waals surface area contributed by atoms with E-state index >= 15 is 0 Å². The predicted octanol–water partition coefficient (Wildman–Crippen LogP) is 2.55. The van der Waals surface area contributed by atoms with Crippen molar-refractivity contribution in [1.29, 1.82) is 0 Å². The van der Waals surface area contributed by atoms with Crippen LogP contribution in [0.3, 0.4) is 0 Å². The van der Waals surface area contributed by atoms with E-state index in [2.05, 4.69) is 34.7 Å². The zero-order valence-corrected chi connectivity index (χ0v) is 18.2. The topological polar surface area (TPSA) is 89.4 Å². The molecule has 0 spiro atoms. The summed E-state index contributed by atoms with van der Waals surface area (Å²) in [4.78, 5) is 26.7. The summed E-state index contributed by atoms with van der Waals surface area (Å²) >= 11 is 0. The van der Waals surface area contributed by atoms with Crippen LogP contribution in [0.15, 0.2) is 54.7 Å². The molecular weight excluding hydrogens is 406 g/mol. The summed E-state index contributed by atoms with van der Waals surface area (Å²) < 4.78 is 6.91. The molecular formula is C24H27N5O3. The van der Waals surface area contributed by atoms with E-state index in [1.807, 2.05) is 36.4 Å². The first kappa shape index (κ1) is 21.7. The molecule has 1 aromatic heterocycles. The van der Waals surface area contributed by atoms with E-state index in [1.165, 1.54) is 5.56 Å². The second-order valence-electron chi connectivity index (χ2n) is 7.83. The Labute approximate surface area is 187 Å². The van der Waals surface area contributed by atoms with Gasteiger partial charge in [-0.2, -0.15) is 0 Å². The van der Waals surface area contributed by atoms with Crippen molar-refractivity contribution in [3.05, 3.63) is 71.5 Å². The fraction of sp³-hybridized carbons (Fsp3) is 0.333. The summed E-state index contributed by atoms with van der Waals surface area (Å²) in [6, 6.07) is 15.8. The quantitative estimate of drug-likeness (QED) is 0.579. The molecule has 166 valence electrons. The van der Waals surface area contributed by atoms with E-state index in [1.54, 1.807) is 15.8 Å². The highest BCUT2D eigenvalue weighted by Crippen LogP contribution is 2.21. The van der Waals surface area contributed by atoms with Gasteiger partial charge >= 0.3 is 0 Å². The van der Waals surface area contributed by atoms with Crippen LogP contribution in [0.4, 0.5) is 0 Å². The number of hydrogen-bond donors (Lipinski definition) is 1. The van der Waals surface area contributed by atoms with Gasteiger partial charge in [0.15, 0.2) is 5.69 Å². The predicted molar refractivity (Wildman–Crippen MR) is 120 cm³/mol. The van der Waals surface area contributed by atoms with Crippen LogP contribution in [0.5, 0.6) is 0 Å². The van der Waals surface area contributed by atoms with Gasteiger partial charge in [-0.3, -0.25) is 14.3 Å². The number of nitrogens with zero attached hydrogens (tertiary/aromatic N) is 4. The van der Waals surface area contributed by atoms with Gasteiger partial charge in [-0.25, -0.2) is 0 Å². The minimum absolute atomic E-state index is 0.110. The molecule has 0 radical (unpaired) electrons. The average molecular weight is 434 g/mol. The number of nitrogens with one attached hydrogen (secondary N) is 1. The smallest absolute Gasteiger partial charge is 0.276 e. The molecule has 1 N–H and O–H groups in total. The van der Waals surface area contributed by atoms with E-state index in [0.717, 1.165) is 11.1 Å². The third-order valence-electron chi connectivity index (χ3n) is 5.38. The van der Waals surface area contributed by atoms with Gasteiger partial charge in [0.1, 0.15) is 0 Å². The average Bonchev–Trinajstić information content (AvgIpc) is 3.31. The largest absolute Gasteiger partial charge is 0.378 e. The fourth-order valence-corrected chi connectivity index (χ4v) is 3.64. The molecule has 2 amide bonds. The molecule has 0 bridgehead atoms. The lowest BCUT2D eigenvalue weighted by Gasteiger charge is -2.25. The normalized spacial score (nSPS) is 13.7. The maximum atomic E-state index is 12.6. The zero-order chi connectivity index (χ0) is 22.3. The Bertz CT molecular complexity index is 1090. The van der Waals surface area contributed by atoms with Gasteiger partial charge in [0, 0.05) is 31.7 Å². The molecule has 8 nitrogen and oxygen atoms in total. The second kappa shape index (κ2) is 10.2. The molecule has 32 heavy (non-hydrogen) atoms. The van der Waals surface area contributed by atoms with Crippen molar-refractivity contribution in [3.63, 3.8) is 0 Å². The van der Waals surface area contributed by atoms with Crippen LogP contribution >= 0.6 is 0 Å². The molecule has 0 aliphatic carbocycles. The third-order valence-corrected chi connectivity index (χ3v) is 5.38. The van der Waals surface area contributed by atoms with Gasteiger partial charge in [-0.1, -0.05) is 47.2 Å². The summed E-state index contributed by atoms with van der Waals surface area (Å²) in [5.74, 6) is -0.234. The molecule has 1 fully saturated rings. The van der Waals surface area contributed by atoms with Crippen molar-refractivity contribution in [2.45, 2.75) is 19.9 Å². The molecule has 0 saturated carbocycles. The Kier molecular flexibility index (Phi) is 6.91. The number of benzene rings is 2. The lowest BCUT2D eigenvalue weighted by Crippen LogP contribution is -2.40. The number of amides is 2. The van der Waals surface area contributed by atoms with Gasteiger partial charge in [0.2, 0.25) is 0 Å². The minimum atomic E-state index is -0.124. The SMILES string of the molecule is Cc1cccc(-c2cccc(C(=O)NCCCn3cc(C(=O)N4CCOCC4)nn3)c2)c1. The highest BCUT2D eigenvalue weighted by molar-refractivity contribution is 5.95. The molecule has 0 atom stereocenters. The number of ether oxygens (including phenoxy) is 1. The second-order valence-corrected chi connectivity index (χ2v) is 7.83. The Morgan fingerprint density at radius 2 is 1.81 bits per heavy atom. The van der Waals surface area contributed by atoms with Crippen molar-refractivity contribution in [3.8, 4) is 11.1 Å². The summed E-state index contributed by atoms with van der Waals surface area (Å²) in [7, 11) is 0. The summed E-state index contributed by atoms with van der Waals surface area (Å²) in [6.07, 6.45) is 2.34. The lowest BCUT2D eigenvalue weighted by atomic mass is 10.0. The Morgan fingerprint density at radius 3 is 2.59 bits per heavy atom. The number of hydrogen-bond acceptors (Lipinski definition) is 5. The van der Waals surface area contributed by atoms with Gasteiger partial charge in [-0.05, 0) is 36.6 Å².